The van der Waals surface area contributed by atoms with E-state index in [0.29, 0.717) is 0 Å². The molecule has 0 N–H and O–H groups in total. The molecule has 0 fully saturated rings. The maximum atomic E-state index is 10.9. The van der Waals surface area contributed by atoms with Crippen LogP contribution in [0.15, 0.2) is 0 Å². The van der Waals surface area contributed by atoms with Gasteiger partial charge < -0.3 is 14.2 Å². The van der Waals surface area contributed by atoms with Crippen LogP contribution >= 0.6 is 37.9 Å². The predicted octanol–water partition coefficient (Wildman–Crippen LogP) is -0.268. The Kier molecular flexibility index (Phi) is 9.18. The minimum Gasteiger partial charge on any atom is -0.457 e. The van der Waals surface area contributed by atoms with Crippen molar-refractivity contribution in [1.29, 1.82) is 0 Å². The van der Waals surface area contributed by atoms with Gasteiger partial charge in [-0.3, -0.25) is 14.4 Å². The quantitative estimate of drug-likeness (QED) is 0.341. The van der Waals surface area contributed by atoms with Crippen molar-refractivity contribution >= 4 is 55.8 Å². The Bertz CT molecular complexity index is 264. The zero-order valence-corrected chi connectivity index (χ0v) is 11.4. The van der Waals surface area contributed by atoms with E-state index in [1.807, 2.05) is 0 Å². The van der Waals surface area contributed by atoms with E-state index in [9.17, 15) is 14.4 Å². The van der Waals surface area contributed by atoms with Gasteiger partial charge in [0, 0.05) is 0 Å². The molecule has 98 valence electrons. The van der Waals surface area contributed by atoms with Crippen molar-refractivity contribution in [1.82, 2.24) is 0 Å². The van der Waals surface area contributed by atoms with Crippen LogP contribution in [0.2, 0.25) is 0 Å². The van der Waals surface area contributed by atoms with E-state index in [-0.39, 0.29) is 17.3 Å². The van der Waals surface area contributed by atoms with Crippen molar-refractivity contribution in [3.63, 3.8) is 0 Å². The Balaban J connectivity index is 4.24. The maximum absolute atomic E-state index is 10.9. The molecule has 0 aromatic carbocycles. The van der Waals surface area contributed by atoms with Crippen molar-refractivity contribution in [3.05, 3.63) is 0 Å². The summed E-state index contributed by atoms with van der Waals surface area (Å²) in [5, 5.41) is 0. The topological polar surface area (TPSA) is 78.9 Å². The van der Waals surface area contributed by atoms with Gasteiger partial charge in [0.1, 0.15) is 0 Å². The highest BCUT2D eigenvalue weighted by Crippen LogP contribution is 2.01. The van der Waals surface area contributed by atoms with Crippen LogP contribution in [0.3, 0.4) is 0 Å². The highest BCUT2D eigenvalue weighted by atomic mass is 32.1. The zero-order chi connectivity index (χ0) is 13.3. The van der Waals surface area contributed by atoms with E-state index in [4.69, 9.17) is 0 Å². The van der Waals surface area contributed by atoms with E-state index in [2.05, 4.69) is 52.1 Å². The van der Waals surface area contributed by atoms with Crippen LogP contribution in [0.1, 0.15) is 0 Å². The standard InChI is InChI=1S/C8H12O6S3/c9-5(2-15)12-1-8(13-6(10)3-16)14-7(11)4-17/h8,15-17H,1-4H2. The molecule has 0 spiro atoms. The molecule has 0 aromatic rings. The van der Waals surface area contributed by atoms with E-state index >= 15 is 0 Å². The molecule has 17 heavy (non-hydrogen) atoms. The number of hydrogen-bond donors (Lipinski definition) is 3. The first kappa shape index (κ1) is 16.5. The first-order valence-electron chi connectivity index (χ1n) is 4.40. The molecule has 6 nitrogen and oxygen atoms in total. The summed E-state index contributed by atoms with van der Waals surface area (Å²) in [5.41, 5.74) is 0. The number of carbonyl (C=O) groups is 3. The maximum Gasteiger partial charge on any atom is 0.318 e. The van der Waals surface area contributed by atoms with Gasteiger partial charge in [-0.05, 0) is 0 Å². The van der Waals surface area contributed by atoms with Gasteiger partial charge in [0.2, 0.25) is 0 Å². The van der Waals surface area contributed by atoms with Gasteiger partial charge in [-0.2, -0.15) is 37.9 Å². The second-order valence-corrected chi connectivity index (χ2v) is 3.52. The van der Waals surface area contributed by atoms with Crippen molar-refractivity contribution < 1.29 is 28.6 Å². The van der Waals surface area contributed by atoms with Gasteiger partial charge in [0.15, 0.2) is 6.61 Å². The minimum atomic E-state index is -1.29. The smallest absolute Gasteiger partial charge is 0.318 e. The molecule has 0 heterocycles. The lowest BCUT2D eigenvalue weighted by Crippen LogP contribution is -2.31. The van der Waals surface area contributed by atoms with Gasteiger partial charge in [-0.25, -0.2) is 0 Å². The Morgan fingerprint density at radius 3 is 1.59 bits per heavy atom. The molecule has 0 aromatic heterocycles. The molecule has 0 aliphatic carbocycles. The fourth-order valence-electron chi connectivity index (χ4n) is 0.666. The number of hydrogen-bond acceptors (Lipinski definition) is 9. The van der Waals surface area contributed by atoms with Crippen LogP contribution in [0, 0.1) is 0 Å². The lowest BCUT2D eigenvalue weighted by molar-refractivity contribution is -0.195. The summed E-state index contributed by atoms with van der Waals surface area (Å²) in [6.45, 7) is -0.390. The van der Waals surface area contributed by atoms with Crippen LogP contribution < -0.4 is 0 Å². The fraction of sp³-hybridized carbons (Fsp3) is 0.625. The van der Waals surface area contributed by atoms with Crippen LogP contribution in [0.25, 0.3) is 0 Å². The predicted molar refractivity (Wildman–Crippen MR) is 68.5 cm³/mol. The molecule has 0 aliphatic heterocycles. The summed E-state index contributed by atoms with van der Waals surface area (Å²) in [6, 6.07) is 0. The first-order chi connectivity index (χ1) is 8.03. The van der Waals surface area contributed by atoms with Crippen molar-refractivity contribution in [2.45, 2.75) is 6.29 Å². The Morgan fingerprint density at radius 2 is 1.24 bits per heavy atom. The largest absolute Gasteiger partial charge is 0.457 e. The molecule has 0 saturated carbocycles. The molecule has 0 saturated heterocycles. The molecule has 0 bridgehead atoms. The summed E-state index contributed by atoms with van der Waals surface area (Å²) in [5.74, 6) is -2.53. The van der Waals surface area contributed by atoms with Gasteiger partial charge in [0.25, 0.3) is 6.29 Å². The average molecular weight is 300 g/mol. The van der Waals surface area contributed by atoms with Gasteiger partial charge in [-0.15, -0.1) is 0 Å². The number of carbonyl (C=O) groups excluding carboxylic acids is 3. The summed E-state index contributed by atoms with van der Waals surface area (Å²) in [7, 11) is 0. The molecule has 0 atom stereocenters. The third-order valence-corrected chi connectivity index (χ3v) is 2.07. The molecule has 0 radical (unpaired) electrons. The first-order valence-corrected chi connectivity index (χ1v) is 6.30. The minimum absolute atomic E-state index is 0.131. The second kappa shape index (κ2) is 9.49. The van der Waals surface area contributed by atoms with E-state index in [1.165, 1.54) is 0 Å². The van der Waals surface area contributed by atoms with Crippen LogP contribution in [-0.4, -0.2) is 48.1 Å². The Hall–Kier alpha value is -0.540. The fourth-order valence-corrected chi connectivity index (χ4v) is 0.907. The molecular formula is C8H12O6S3. The lowest BCUT2D eigenvalue weighted by Gasteiger charge is -2.17. The number of ether oxygens (including phenoxy) is 3. The van der Waals surface area contributed by atoms with Gasteiger partial charge in [0.05, 0.1) is 17.3 Å². The number of rotatable bonds is 7. The van der Waals surface area contributed by atoms with Crippen LogP contribution in [-0.2, 0) is 28.6 Å². The van der Waals surface area contributed by atoms with Gasteiger partial charge in [-0.1, -0.05) is 0 Å². The van der Waals surface area contributed by atoms with E-state index in [1.54, 1.807) is 0 Å². The highest BCUT2D eigenvalue weighted by Gasteiger charge is 2.19. The van der Waals surface area contributed by atoms with E-state index < -0.39 is 30.8 Å². The van der Waals surface area contributed by atoms with Crippen LogP contribution in [0.4, 0.5) is 0 Å². The number of thiol groups is 3. The third-order valence-electron chi connectivity index (χ3n) is 1.29. The van der Waals surface area contributed by atoms with E-state index in [0.717, 1.165) is 0 Å². The Labute approximate surface area is 115 Å². The normalized spacial score (nSPS) is 9.88. The third kappa shape index (κ3) is 8.22. The van der Waals surface area contributed by atoms with Crippen molar-refractivity contribution in [2.24, 2.45) is 0 Å². The highest BCUT2D eigenvalue weighted by molar-refractivity contribution is 7.81. The lowest BCUT2D eigenvalue weighted by atomic mass is 10.6. The molecule has 0 aliphatic rings. The zero-order valence-electron chi connectivity index (χ0n) is 8.70. The van der Waals surface area contributed by atoms with Crippen molar-refractivity contribution in [2.75, 3.05) is 23.9 Å². The SMILES string of the molecule is O=C(CS)OCC(OC(=O)CS)OC(=O)CS. The average Bonchev–Trinajstić information content (AvgIpc) is 2.34. The van der Waals surface area contributed by atoms with Gasteiger partial charge >= 0.3 is 17.9 Å². The second-order valence-electron chi connectivity index (χ2n) is 2.57. The summed E-state index contributed by atoms with van der Waals surface area (Å²) < 4.78 is 14.0. The molecular weight excluding hydrogens is 288 g/mol. The summed E-state index contributed by atoms with van der Waals surface area (Å²) in [4.78, 5) is 32.7. The molecule has 0 amide bonds. The molecule has 0 unspecified atom stereocenters. The number of esters is 3. The van der Waals surface area contributed by atoms with Crippen molar-refractivity contribution in [3.8, 4) is 0 Å². The monoisotopic (exact) mass is 300 g/mol. The Morgan fingerprint density at radius 1 is 0.824 bits per heavy atom. The summed E-state index contributed by atoms with van der Waals surface area (Å²) >= 11 is 11.0. The molecule has 9 heteroatoms. The van der Waals surface area contributed by atoms with Crippen LogP contribution in [0.5, 0.6) is 0 Å². The summed E-state index contributed by atoms with van der Waals surface area (Å²) in [6.07, 6.45) is -1.29. The molecule has 0 rings (SSSR count).